The molecule has 208 valence electrons. The van der Waals surface area contributed by atoms with Crippen molar-refractivity contribution >= 4 is 28.6 Å². The maximum atomic E-state index is 13.8. The topological polar surface area (TPSA) is 86.5 Å². The lowest BCUT2D eigenvalue weighted by atomic mass is 10.0. The fraction of sp³-hybridized carbons (Fsp3) is 0.100. The molecule has 41 heavy (non-hydrogen) atoms. The normalized spacial score (nSPS) is 11.3. The number of hydrogen-bond acceptors (Lipinski definition) is 5. The molecule has 0 fully saturated rings. The van der Waals surface area contributed by atoms with E-state index in [0.29, 0.717) is 33.6 Å². The number of benzene rings is 3. The van der Waals surface area contributed by atoms with Crippen LogP contribution in [-0.2, 0) is 12.8 Å². The third kappa shape index (κ3) is 6.04. The molecule has 5 aromatic rings. The minimum Gasteiger partial charge on any atom is -0.496 e. The average molecular weight is 671 g/mol. The summed E-state index contributed by atoms with van der Waals surface area (Å²) < 4.78 is 54.6. The number of ether oxygens (including phenoxy) is 2. The van der Waals surface area contributed by atoms with Gasteiger partial charge >= 0.3 is 12.1 Å². The summed E-state index contributed by atoms with van der Waals surface area (Å²) in [5, 5.41) is 12.9. The molecule has 0 saturated heterocycles. The molecular formula is C30H21F3IN3O4. The molecule has 3 aromatic carbocycles. The SMILES string of the molecule is COc1cc(-c2ccc(I)cc2)ccc1COc1ccccc1-c1cccc(-n2ncc(C(=O)O)c2C(F)(F)F)n1. The Kier molecular flexibility index (Phi) is 7.97. The Morgan fingerprint density at radius 3 is 2.39 bits per heavy atom. The number of aromatic nitrogens is 3. The van der Waals surface area contributed by atoms with E-state index in [4.69, 9.17) is 9.47 Å². The Hall–Kier alpha value is -4.39. The van der Waals surface area contributed by atoms with Crippen molar-refractivity contribution in [1.29, 1.82) is 0 Å². The van der Waals surface area contributed by atoms with Crippen LogP contribution in [0.1, 0.15) is 21.6 Å². The van der Waals surface area contributed by atoms with Crippen molar-refractivity contribution in [2.75, 3.05) is 7.11 Å². The molecule has 2 aromatic heterocycles. The van der Waals surface area contributed by atoms with Gasteiger partial charge < -0.3 is 14.6 Å². The standard InChI is InChI=1S/C30H21F3IN3O4/c1-40-26-15-19(18-11-13-21(34)14-12-18)9-10-20(26)17-41-25-7-3-2-5-22(25)24-6-4-8-27(36-24)37-28(30(31,32)33)23(16-35-37)29(38)39/h2-16H,17H2,1H3,(H,38,39). The minimum absolute atomic E-state index is 0.159. The van der Waals surface area contributed by atoms with E-state index in [2.05, 4.69) is 32.7 Å². The largest absolute Gasteiger partial charge is 0.496 e. The van der Waals surface area contributed by atoms with Crippen LogP contribution >= 0.6 is 22.6 Å². The predicted octanol–water partition coefficient (Wildman–Crippen LogP) is 7.51. The number of halogens is 4. The highest BCUT2D eigenvalue weighted by molar-refractivity contribution is 14.1. The number of aromatic carboxylic acids is 1. The molecule has 0 saturated carbocycles. The molecule has 0 aliphatic heterocycles. The fourth-order valence-electron chi connectivity index (χ4n) is 4.29. The lowest BCUT2D eigenvalue weighted by Gasteiger charge is -2.15. The zero-order valence-electron chi connectivity index (χ0n) is 21.4. The molecule has 0 radical (unpaired) electrons. The van der Waals surface area contributed by atoms with Crippen LogP contribution in [0.3, 0.4) is 0 Å². The quantitative estimate of drug-likeness (QED) is 0.172. The van der Waals surface area contributed by atoms with Crippen molar-refractivity contribution in [2.45, 2.75) is 12.8 Å². The number of carbonyl (C=O) groups is 1. The summed E-state index contributed by atoms with van der Waals surface area (Å²) in [4.78, 5) is 15.7. The summed E-state index contributed by atoms with van der Waals surface area (Å²) in [6.45, 7) is 0.159. The molecule has 7 nitrogen and oxygen atoms in total. The second-order valence-corrected chi connectivity index (χ2v) is 10.1. The molecule has 0 amide bonds. The van der Waals surface area contributed by atoms with Crippen molar-refractivity contribution in [3.63, 3.8) is 0 Å². The van der Waals surface area contributed by atoms with Gasteiger partial charge in [-0.1, -0.05) is 42.5 Å². The number of rotatable bonds is 8. The molecule has 0 bridgehead atoms. The fourth-order valence-corrected chi connectivity index (χ4v) is 4.65. The van der Waals surface area contributed by atoms with Crippen molar-refractivity contribution in [1.82, 2.24) is 14.8 Å². The van der Waals surface area contributed by atoms with Gasteiger partial charge in [0.1, 0.15) is 23.7 Å². The number of carboxylic acid groups (broad SMARTS) is 1. The number of hydrogen-bond donors (Lipinski definition) is 1. The first-order chi connectivity index (χ1) is 19.7. The van der Waals surface area contributed by atoms with Crippen LogP contribution in [0.4, 0.5) is 13.2 Å². The van der Waals surface area contributed by atoms with Gasteiger partial charge in [-0.15, -0.1) is 0 Å². The number of para-hydroxylation sites is 1. The van der Waals surface area contributed by atoms with E-state index in [1.165, 1.54) is 12.1 Å². The zero-order valence-corrected chi connectivity index (χ0v) is 23.6. The Morgan fingerprint density at radius 1 is 0.951 bits per heavy atom. The van der Waals surface area contributed by atoms with Gasteiger partial charge in [-0.3, -0.25) is 0 Å². The summed E-state index contributed by atoms with van der Waals surface area (Å²) >= 11 is 2.25. The van der Waals surface area contributed by atoms with E-state index in [9.17, 15) is 23.1 Å². The molecule has 0 spiro atoms. The van der Waals surface area contributed by atoms with E-state index in [1.807, 2.05) is 42.5 Å². The number of methoxy groups -OCH3 is 1. The van der Waals surface area contributed by atoms with E-state index < -0.39 is 23.4 Å². The van der Waals surface area contributed by atoms with E-state index in [0.717, 1.165) is 20.3 Å². The Bertz CT molecular complexity index is 1720. The zero-order chi connectivity index (χ0) is 29.1. The molecule has 0 atom stereocenters. The van der Waals surface area contributed by atoms with Gasteiger partial charge in [-0.2, -0.15) is 18.3 Å². The van der Waals surface area contributed by atoms with Gasteiger partial charge in [0.2, 0.25) is 0 Å². The molecular weight excluding hydrogens is 650 g/mol. The molecule has 1 N–H and O–H groups in total. The van der Waals surface area contributed by atoms with Crippen molar-refractivity contribution in [2.24, 2.45) is 0 Å². The first kappa shape index (κ1) is 28.1. The first-order valence-corrected chi connectivity index (χ1v) is 13.2. The summed E-state index contributed by atoms with van der Waals surface area (Å²) in [7, 11) is 1.58. The molecule has 5 rings (SSSR count). The first-order valence-electron chi connectivity index (χ1n) is 12.2. The Balaban J connectivity index is 1.44. The van der Waals surface area contributed by atoms with Crippen LogP contribution in [0, 0.1) is 3.57 Å². The highest BCUT2D eigenvalue weighted by atomic mass is 127. The van der Waals surface area contributed by atoms with E-state index in [-0.39, 0.29) is 12.4 Å². The Labute approximate surface area is 246 Å². The highest BCUT2D eigenvalue weighted by Crippen LogP contribution is 2.35. The molecule has 11 heteroatoms. The van der Waals surface area contributed by atoms with Gasteiger partial charge in [0, 0.05) is 14.7 Å². The second kappa shape index (κ2) is 11.6. The van der Waals surface area contributed by atoms with Crippen LogP contribution in [0.2, 0.25) is 0 Å². The second-order valence-electron chi connectivity index (χ2n) is 8.82. The summed E-state index contributed by atoms with van der Waals surface area (Å²) in [5.74, 6) is -0.833. The molecule has 0 aliphatic carbocycles. The van der Waals surface area contributed by atoms with Crippen LogP contribution < -0.4 is 9.47 Å². The van der Waals surface area contributed by atoms with Crippen LogP contribution in [0.5, 0.6) is 11.5 Å². The van der Waals surface area contributed by atoms with Crippen molar-refractivity contribution in [3.8, 4) is 39.7 Å². The van der Waals surface area contributed by atoms with Crippen molar-refractivity contribution < 1.29 is 32.5 Å². The Morgan fingerprint density at radius 2 is 1.68 bits per heavy atom. The minimum atomic E-state index is -4.96. The lowest BCUT2D eigenvalue weighted by Crippen LogP contribution is -2.18. The maximum absolute atomic E-state index is 13.8. The highest BCUT2D eigenvalue weighted by Gasteiger charge is 2.41. The van der Waals surface area contributed by atoms with Crippen LogP contribution in [-0.4, -0.2) is 33.0 Å². The number of carboxylic acids is 1. The summed E-state index contributed by atoms with van der Waals surface area (Å²) in [6, 6.07) is 25.4. The number of nitrogens with zero attached hydrogens (tertiary/aromatic N) is 3. The maximum Gasteiger partial charge on any atom is 0.434 e. The molecule has 2 heterocycles. The van der Waals surface area contributed by atoms with E-state index >= 15 is 0 Å². The van der Waals surface area contributed by atoms with Crippen molar-refractivity contribution in [3.05, 3.63) is 112 Å². The van der Waals surface area contributed by atoms with Crippen LogP contribution in [0.25, 0.3) is 28.2 Å². The van der Waals surface area contributed by atoms with Gasteiger partial charge in [-0.25, -0.2) is 14.5 Å². The molecule has 0 aliphatic rings. The van der Waals surface area contributed by atoms with Gasteiger partial charge in [0.25, 0.3) is 0 Å². The smallest absolute Gasteiger partial charge is 0.434 e. The summed E-state index contributed by atoms with van der Waals surface area (Å²) in [6.07, 6.45) is -4.30. The van der Waals surface area contributed by atoms with Gasteiger partial charge in [0.15, 0.2) is 11.5 Å². The lowest BCUT2D eigenvalue weighted by molar-refractivity contribution is -0.143. The monoisotopic (exact) mass is 671 g/mol. The third-order valence-corrected chi connectivity index (χ3v) is 6.95. The summed E-state index contributed by atoms with van der Waals surface area (Å²) in [5.41, 5.74) is 1.31. The third-order valence-electron chi connectivity index (χ3n) is 6.23. The average Bonchev–Trinajstić information content (AvgIpc) is 3.44. The van der Waals surface area contributed by atoms with E-state index in [1.54, 1.807) is 37.4 Å². The van der Waals surface area contributed by atoms with Gasteiger partial charge in [-0.05, 0) is 76.2 Å². The number of alkyl halides is 3. The number of pyridine rings is 1. The van der Waals surface area contributed by atoms with Gasteiger partial charge in [0.05, 0.1) is 19.0 Å². The predicted molar refractivity (Wildman–Crippen MR) is 154 cm³/mol. The van der Waals surface area contributed by atoms with Crippen LogP contribution in [0.15, 0.2) is 91.1 Å². The molecule has 0 unspecified atom stereocenters.